The van der Waals surface area contributed by atoms with Crippen LogP contribution in [-0.2, 0) is 12.8 Å². The van der Waals surface area contributed by atoms with E-state index in [0.717, 1.165) is 18.4 Å². The molecule has 82 valence electrons. The molecule has 0 aliphatic carbocycles. The Morgan fingerprint density at radius 2 is 2.07 bits per heavy atom. The number of carbonyl (C=O) groups excluding carboxylic acids is 1. The number of carbonyl (C=O) groups is 1. The molecule has 15 heavy (non-hydrogen) atoms. The molecule has 0 heterocycles. The first kappa shape index (κ1) is 11.6. The maximum absolute atomic E-state index is 11.1. The average molecular weight is 207 g/mol. The molecule has 1 N–H and O–H groups in total. The molecule has 1 rings (SSSR count). The molecule has 0 aromatic heterocycles. The number of rotatable bonds is 3. The highest BCUT2D eigenvalue weighted by Gasteiger charge is 2.07. The SMILES string of the molecule is CCc1ccc(CC)c(OC(=O)NC)c1. The van der Waals surface area contributed by atoms with E-state index in [9.17, 15) is 4.79 Å². The standard InChI is InChI=1S/C12H17NO2/c1-4-9-6-7-10(5-2)11(8-9)15-12(14)13-3/h6-8H,4-5H2,1-3H3,(H,13,14). The number of aryl methyl sites for hydroxylation is 2. The lowest BCUT2D eigenvalue weighted by atomic mass is 10.1. The van der Waals surface area contributed by atoms with E-state index in [4.69, 9.17) is 4.74 Å². The molecule has 0 unspecified atom stereocenters. The second-order valence-corrected chi connectivity index (χ2v) is 3.29. The minimum absolute atomic E-state index is 0.419. The van der Waals surface area contributed by atoms with Crippen LogP contribution in [-0.4, -0.2) is 13.1 Å². The molecule has 0 radical (unpaired) electrons. The molecule has 0 bridgehead atoms. The fourth-order valence-electron chi connectivity index (χ4n) is 1.36. The number of ether oxygens (including phenoxy) is 1. The zero-order valence-corrected chi connectivity index (χ0v) is 9.46. The Kier molecular flexibility index (Phi) is 4.16. The van der Waals surface area contributed by atoms with Crippen LogP contribution in [0.1, 0.15) is 25.0 Å². The van der Waals surface area contributed by atoms with Gasteiger partial charge in [-0.25, -0.2) is 4.79 Å². The maximum Gasteiger partial charge on any atom is 0.412 e. The Morgan fingerprint density at radius 3 is 2.60 bits per heavy atom. The Hall–Kier alpha value is -1.51. The Balaban J connectivity index is 2.95. The van der Waals surface area contributed by atoms with E-state index < -0.39 is 6.09 Å². The fraction of sp³-hybridized carbons (Fsp3) is 0.417. The van der Waals surface area contributed by atoms with Gasteiger partial charge in [0, 0.05) is 7.05 Å². The topological polar surface area (TPSA) is 38.3 Å². The number of benzene rings is 1. The molecule has 0 atom stereocenters. The molecule has 0 aliphatic rings. The van der Waals surface area contributed by atoms with Gasteiger partial charge in [-0.2, -0.15) is 0 Å². The smallest absolute Gasteiger partial charge is 0.410 e. The van der Waals surface area contributed by atoms with Gasteiger partial charge in [-0.1, -0.05) is 26.0 Å². The molecule has 0 fully saturated rings. The van der Waals surface area contributed by atoms with E-state index in [0.29, 0.717) is 5.75 Å². The van der Waals surface area contributed by atoms with E-state index in [2.05, 4.69) is 18.3 Å². The van der Waals surface area contributed by atoms with Crippen molar-refractivity contribution in [2.75, 3.05) is 7.05 Å². The molecule has 0 spiro atoms. The van der Waals surface area contributed by atoms with Crippen molar-refractivity contribution in [3.63, 3.8) is 0 Å². The van der Waals surface area contributed by atoms with Gasteiger partial charge in [0.2, 0.25) is 0 Å². The summed E-state index contributed by atoms with van der Waals surface area (Å²) in [6.45, 7) is 4.11. The molecular weight excluding hydrogens is 190 g/mol. The van der Waals surface area contributed by atoms with Crippen molar-refractivity contribution in [3.05, 3.63) is 29.3 Å². The Bertz CT molecular complexity index is 347. The van der Waals surface area contributed by atoms with Crippen molar-refractivity contribution >= 4 is 6.09 Å². The third-order valence-electron chi connectivity index (χ3n) is 2.33. The van der Waals surface area contributed by atoms with Gasteiger partial charge in [0.25, 0.3) is 0 Å². The quantitative estimate of drug-likeness (QED) is 0.827. The van der Waals surface area contributed by atoms with Crippen LogP contribution in [0.25, 0.3) is 0 Å². The minimum atomic E-state index is -0.419. The molecular formula is C12H17NO2. The molecule has 1 amide bonds. The third-order valence-corrected chi connectivity index (χ3v) is 2.33. The molecule has 1 aromatic rings. The van der Waals surface area contributed by atoms with Crippen LogP contribution in [0.15, 0.2) is 18.2 Å². The van der Waals surface area contributed by atoms with Gasteiger partial charge in [0.15, 0.2) is 0 Å². The predicted octanol–water partition coefficient (Wildman–Crippen LogP) is 2.53. The lowest BCUT2D eigenvalue weighted by Crippen LogP contribution is -2.22. The summed E-state index contributed by atoms with van der Waals surface area (Å²) in [4.78, 5) is 11.1. The van der Waals surface area contributed by atoms with E-state index in [-0.39, 0.29) is 0 Å². The van der Waals surface area contributed by atoms with Crippen molar-refractivity contribution in [1.82, 2.24) is 5.32 Å². The van der Waals surface area contributed by atoms with Crippen molar-refractivity contribution in [2.24, 2.45) is 0 Å². The molecule has 0 saturated heterocycles. The van der Waals surface area contributed by atoms with Crippen LogP contribution in [0.4, 0.5) is 4.79 Å². The summed E-state index contributed by atoms with van der Waals surface area (Å²) < 4.78 is 5.18. The summed E-state index contributed by atoms with van der Waals surface area (Å²) in [6.07, 6.45) is 1.38. The molecule has 0 aliphatic heterocycles. The zero-order chi connectivity index (χ0) is 11.3. The zero-order valence-electron chi connectivity index (χ0n) is 9.46. The number of hydrogen-bond donors (Lipinski definition) is 1. The highest BCUT2D eigenvalue weighted by Crippen LogP contribution is 2.21. The summed E-state index contributed by atoms with van der Waals surface area (Å²) in [5.74, 6) is 0.663. The first-order chi connectivity index (χ1) is 7.21. The van der Waals surface area contributed by atoms with Crippen LogP contribution >= 0.6 is 0 Å². The summed E-state index contributed by atoms with van der Waals surface area (Å²) in [7, 11) is 1.55. The number of nitrogens with one attached hydrogen (secondary N) is 1. The van der Waals surface area contributed by atoms with Crippen LogP contribution in [0.2, 0.25) is 0 Å². The van der Waals surface area contributed by atoms with Crippen LogP contribution in [0.3, 0.4) is 0 Å². The summed E-state index contributed by atoms with van der Waals surface area (Å²) in [6, 6.07) is 6.00. The predicted molar refractivity (Wildman–Crippen MR) is 60.3 cm³/mol. The third kappa shape index (κ3) is 2.98. The van der Waals surface area contributed by atoms with Crippen LogP contribution < -0.4 is 10.1 Å². The molecule has 3 heteroatoms. The van der Waals surface area contributed by atoms with Gasteiger partial charge < -0.3 is 10.1 Å². The van der Waals surface area contributed by atoms with Crippen LogP contribution in [0, 0.1) is 0 Å². The summed E-state index contributed by atoms with van der Waals surface area (Å²) in [5, 5.41) is 2.44. The van der Waals surface area contributed by atoms with Gasteiger partial charge in [-0.3, -0.25) is 0 Å². The highest BCUT2D eigenvalue weighted by molar-refractivity contribution is 5.70. The van der Waals surface area contributed by atoms with Gasteiger partial charge in [-0.15, -0.1) is 0 Å². The average Bonchev–Trinajstić information content (AvgIpc) is 2.28. The van der Waals surface area contributed by atoms with E-state index in [1.807, 2.05) is 19.1 Å². The molecule has 3 nitrogen and oxygen atoms in total. The number of amides is 1. The van der Waals surface area contributed by atoms with Crippen molar-refractivity contribution < 1.29 is 9.53 Å². The van der Waals surface area contributed by atoms with Crippen molar-refractivity contribution in [2.45, 2.75) is 26.7 Å². The normalized spacial score (nSPS) is 9.80. The Morgan fingerprint density at radius 1 is 1.33 bits per heavy atom. The Labute approximate surface area is 90.4 Å². The second kappa shape index (κ2) is 5.39. The van der Waals surface area contributed by atoms with Crippen molar-refractivity contribution in [3.8, 4) is 5.75 Å². The largest absolute Gasteiger partial charge is 0.412 e. The van der Waals surface area contributed by atoms with E-state index in [1.165, 1.54) is 5.56 Å². The highest BCUT2D eigenvalue weighted by atomic mass is 16.6. The van der Waals surface area contributed by atoms with E-state index in [1.54, 1.807) is 7.05 Å². The fourth-order valence-corrected chi connectivity index (χ4v) is 1.36. The minimum Gasteiger partial charge on any atom is -0.410 e. The lowest BCUT2D eigenvalue weighted by Gasteiger charge is -2.09. The lowest BCUT2D eigenvalue weighted by molar-refractivity contribution is 0.202. The first-order valence-electron chi connectivity index (χ1n) is 5.22. The van der Waals surface area contributed by atoms with Crippen molar-refractivity contribution in [1.29, 1.82) is 0 Å². The van der Waals surface area contributed by atoms with Gasteiger partial charge in [-0.05, 0) is 30.0 Å². The van der Waals surface area contributed by atoms with E-state index >= 15 is 0 Å². The summed E-state index contributed by atoms with van der Waals surface area (Å²) >= 11 is 0. The first-order valence-corrected chi connectivity index (χ1v) is 5.22. The maximum atomic E-state index is 11.1. The molecule has 0 saturated carbocycles. The van der Waals surface area contributed by atoms with Gasteiger partial charge in [0.1, 0.15) is 5.75 Å². The monoisotopic (exact) mass is 207 g/mol. The molecule has 1 aromatic carbocycles. The summed E-state index contributed by atoms with van der Waals surface area (Å²) in [5.41, 5.74) is 2.22. The second-order valence-electron chi connectivity index (χ2n) is 3.29. The number of hydrogen-bond acceptors (Lipinski definition) is 2. The van der Waals surface area contributed by atoms with Crippen LogP contribution in [0.5, 0.6) is 5.75 Å². The van der Waals surface area contributed by atoms with Gasteiger partial charge >= 0.3 is 6.09 Å². The van der Waals surface area contributed by atoms with Gasteiger partial charge in [0.05, 0.1) is 0 Å².